The molecule has 1 unspecified atom stereocenters. The van der Waals surface area contributed by atoms with E-state index in [4.69, 9.17) is 4.74 Å². The van der Waals surface area contributed by atoms with Crippen molar-refractivity contribution in [2.24, 2.45) is 11.8 Å². The Morgan fingerprint density at radius 2 is 1.77 bits per heavy atom. The van der Waals surface area contributed by atoms with E-state index in [1.165, 1.54) is 0 Å². The largest absolute Gasteiger partial charge is 0.496 e. The number of carbonyl (C=O) groups is 3. The maximum Gasteiger partial charge on any atom is 0.242 e. The second-order valence-corrected chi connectivity index (χ2v) is 7.21. The molecule has 0 bridgehead atoms. The van der Waals surface area contributed by atoms with Gasteiger partial charge in [0.15, 0.2) is 0 Å². The van der Waals surface area contributed by atoms with Gasteiger partial charge in [0, 0.05) is 25.5 Å². The second kappa shape index (κ2) is 8.34. The predicted octanol–water partition coefficient (Wildman–Crippen LogP) is 2.64. The molecule has 2 rings (SSSR count). The molecule has 142 valence electrons. The van der Waals surface area contributed by atoms with Crippen LogP contribution in [0.25, 0.3) is 0 Å². The Morgan fingerprint density at radius 3 is 2.31 bits per heavy atom. The lowest BCUT2D eigenvalue weighted by Crippen LogP contribution is -2.49. The van der Waals surface area contributed by atoms with Crippen LogP contribution in [-0.2, 0) is 14.4 Å². The topological polar surface area (TPSA) is 66.9 Å². The Morgan fingerprint density at radius 1 is 1.19 bits per heavy atom. The quantitative estimate of drug-likeness (QED) is 0.732. The predicted molar refractivity (Wildman–Crippen MR) is 98.5 cm³/mol. The number of hydrogen-bond donors (Lipinski definition) is 0. The number of imide groups is 1. The van der Waals surface area contributed by atoms with Crippen LogP contribution in [-0.4, -0.2) is 48.2 Å². The first-order valence-electron chi connectivity index (χ1n) is 8.98. The number of nitrogens with zero attached hydrogens (tertiary/aromatic N) is 2. The van der Waals surface area contributed by atoms with Gasteiger partial charge in [-0.1, -0.05) is 32.0 Å². The van der Waals surface area contributed by atoms with Gasteiger partial charge in [-0.2, -0.15) is 0 Å². The lowest BCUT2D eigenvalue weighted by Gasteiger charge is -2.33. The van der Waals surface area contributed by atoms with Crippen LogP contribution in [0.1, 0.15) is 45.2 Å². The van der Waals surface area contributed by atoms with Crippen molar-refractivity contribution in [3.05, 3.63) is 29.8 Å². The van der Waals surface area contributed by atoms with E-state index >= 15 is 0 Å². The van der Waals surface area contributed by atoms with E-state index in [1.807, 2.05) is 45.0 Å². The van der Waals surface area contributed by atoms with Gasteiger partial charge in [-0.25, -0.2) is 0 Å². The summed E-state index contributed by atoms with van der Waals surface area (Å²) >= 11 is 0. The van der Waals surface area contributed by atoms with Crippen molar-refractivity contribution in [1.82, 2.24) is 9.80 Å². The smallest absolute Gasteiger partial charge is 0.242 e. The summed E-state index contributed by atoms with van der Waals surface area (Å²) in [6.07, 6.45) is 0.644. The number of carbonyl (C=O) groups excluding carboxylic acids is 3. The Balaban J connectivity index is 2.07. The molecule has 1 fully saturated rings. The van der Waals surface area contributed by atoms with Crippen LogP contribution in [0.3, 0.4) is 0 Å². The first-order chi connectivity index (χ1) is 12.3. The van der Waals surface area contributed by atoms with Crippen LogP contribution < -0.4 is 4.74 Å². The van der Waals surface area contributed by atoms with Crippen LogP contribution in [0.4, 0.5) is 0 Å². The van der Waals surface area contributed by atoms with Crippen molar-refractivity contribution in [2.75, 3.05) is 20.7 Å². The first kappa shape index (κ1) is 19.9. The molecule has 0 aromatic heterocycles. The van der Waals surface area contributed by atoms with Gasteiger partial charge >= 0.3 is 0 Å². The summed E-state index contributed by atoms with van der Waals surface area (Å²) in [5.41, 5.74) is 0.877. The molecule has 3 amide bonds. The molecule has 1 aliphatic rings. The summed E-state index contributed by atoms with van der Waals surface area (Å²) < 4.78 is 5.36. The standard InChI is InChI=1S/C20H28N2O4/c1-13(2)15-10-18(23)22(19(24)11-15)12-20(25)21(4)14(3)16-8-6-7-9-17(16)26-5/h6-9,13-15H,10-12H2,1-5H3. The van der Waals surface area contributed by atoms with Crippen molar-refractivity contribution < 1.29 is 19.1 Å². The van der Waals surface area contributed by atoms with Crippen molar-refractivity contribution in [3.8, 4) is 5.75 Å². The van der Waals surface area contributed by atoms with Crippen molar-refractivity contribution in [2.45, 2.75) is 39.7 Å². The average molecular weight is 360 g/mol. The third-order valence-corrected chi connectivity index (χ3v) is 5.28. The van der Waals surface area contributed by atoms with Gasteiger partial charge in [-0.15, -0.1) is 0 Å². The molecule has 0 N–H and O–H groups in total. The van der Waals surface area contributed by atoms with Gasteiger partial charge in [0.05, 0.1) is 13.2 Å². The molecule has 6 heteroatoms. The zero-order chi connectivity index (χ0) is 19.4. The number of methoxy groups -OCH3 is 1. The molecule has 1 aliphatic heterocycles. The number of likely N-dealkylation sites (tertiary alicyclic amines) is 1. The number of ether oxygens (including phenoxy) is 1. The third kappa shape index (κ3) is 4.23. The Bertz CT molecular complexity index is 668. The summed E-state index contributed by atoms with van der Waals surface area (Å²) in [6.45, 7) is 5.70. The van der Waals surface area contributed by atoms with Crippen LogP contribution in [0.5, 0.6) is 5.75 Å². The minimum absolute atomic E-state index is 0.0617. The average Bonchev–Trinajstić information content (AvgIpc) is 2.62. The van der Waals surface area contributed by atoms with Crippen LogP contribution >= 0.6 is 0 Å². The van der Waals surface area contributed by atoms with E-state index < -0.39 is 0 Å². The number of likely N-dealkylation sites (N-methyl/N-ethyl adjacent to an activating group) is 1. The molecule has 6 nitrogen and oxygen atoms in total. The van der Waals surface area contributed by atoms with E-state index in [2.05, 4.69) is 0 Å². The molecule has 0 radical (unpaired) electrons. The molecule has 1 saturated heterocycles. The summed E-state index contributed by atoms with van der Waals surface area (Å²) in [5.74, 6) is 0.247. The lowest BCUT2D eigenvalue weighted by molar-refractivity contribution is -0.155. The van der Waals surface area contributed by atoms with Gasteiger partial charge < -0.3 is 9.64 Å². The van der Waals surface area contributed by atoms with Crippen LogP contribution in [0, 0.1) is 11.8 Å². The van der Waals surface area contributed by atoms with Gasteiger partial charge in [-0.05, 0) is 24.8 Å². The molecule has 1 atom stereocenters. The fraction of sp³-hybridized carbons (Fsp3) is 0.550. The second-order valence-electron chi connectivity index (χ2n) is 7.21. The highest BCUT2D eigenvalue weighted by Gasteiger charge is 2.35. The highest BCUT2D eigenvalue weighted by atomic mass is 16.5. The summed E-state index contributed by atoms with van der Waals surface area (Å²) in [6, 6.07) is 7.26. The van der Waals surface area contributed by atoms with Crippen molar-refractivity contribution in [1.29, 1.82) is 0 Å². The fourth-order valence-electron chi connectivity index (χ4n) is 3.21. The molecule has 0 spiro atoms. The molecule has 1 heterocycles. The van der Waals surface area contributed by atoms with E-state index in [0.29, 0.717) is 18.6 Å². The SMILES string of the molecule is COc1ccccc1C(C)N(C)C(=O)CN1C(=O)CC(C(C)C)CC1=O. The molecular formula is C20H28N2O4. The number of amides is 3. The summed E-state index contributed by atoms with van der Waals surface area (Å²) in [5, 5.41) is 0. The zero-order valence-electron chi connectivity index (χ0n) is 16.2. The summed E-state index contributed by atoms with van der Waals surface area (Å²) in [4.78, 5) is 40.0. The highest BCUT2D eigenvalue weighted by Crippen LogP contribution is 2.29. The highest BCUT2D eigenvalue weighted by molar-refractivity contribution is 6.01. The van der Waals surface area contributed by atoms with Crippen molar-refractivity contribution >= 4 is 17.7 Å². The normalized spacial score (nSPS) is 16.8. The Labute approximate surface area is 155 Å². The summed E-state index contributed by atoms with van der Waals surface area (Å²) in [7, 11) is 3.26. The number of benzene rings is 1. The van der Waals surface area contributed by atoms with Gasteiger partial charge in [0.2, 0.25) is 17.7 Å². The van der Waals surface area contributed by atoms with Gasteiger partial charge in [0.25, 0.3) is 0 Å². The van der Waals surface area contributed by atoms with E-state index in [-0.39, 0.29) is 42.1 Å². The minimum atomic E-state index is -0.270. The van der Waals surface area contributed by atoms with E-state index in [1.54, 1.807) is 19.1 Å². The van der Waals surface area contributed by atoms with E-state index in [0.717, 1.165) is 10.5 Å². The van der Waals surface area contributed by atoms with Gasteiger partial charge in [0.1, 0.15) is 12.3 Å². The van der Waals surface area contributed by atoms with Crippen LogP contribution in [0.15, 0.2) is 24.3 Å². The third-order valence-electron chi connectivity index (χ3n) is 5.28. The molecule has 26 heavy (non-hydrogen) atoms. The number of piperidine rings is 1. The van der Waals surface area contributed by atoms with Crippen molar-refractivity contribution in [3.63, 3.8) is 0 Å². The maximum atomic E-state index is 12.7. The fourth-order valence-corrected chi connectivity index (χ4v) is 3.21. The molecule has 1 aromatic carbocycles. The lowest BCUT2D eigenvalue weighted by atomic mass is 9.86. The first-order valence-corrected chi connectivity index (χ1v) is 8.98. The Kier molecular flexibility index (Phi) is 6.40. The molecule has 1 aromatic rings. The molecule has 0 saturated carbocycles. The molecular weight excluding hydrogens is 332 g/mol. The minimum Gasteiger partial charge on any atom is -0.496 e. The number of rotatable bonds is 6. The van der Waals surface area contributed by atoms with Crippen LogP contribution in [0.2, 0.25) is 0 Å². The van der Waals surface area contributed by atoms with Gasteiger partial charge in [-0.3, -0.25) is 19.3 Å². The number of hydrogen-bond acceptors (Lipinski definition) is 4. The van der Waals surface area contributed by atoms with E-state index in [9.17, 15) is 14.4 Å². The number of para-hydroxylation sites is 1. The Hall–Kier alpha value is -2.37. The zero-order valence-corrected chi connectivity index (χ0v) is 16.2. The maximum absolute atomic E-state index is 12.7. The monoisotopic (exact) mass is 360 g/mol. The molecule has 0 aliphatic carbocycles.